The van der Waals surface area contributed by atoms with Gasteiger partial charge in [0.05, 0.1) is 4.90 Å². The van der Waals surface area contributed by atoms with Crippen LogP contribution < -0.4 is 5.32 Å². The van der Waals surface area contributed by atoms with Crippen LogP contribution in [0.15, 0.2) is 17.2 Å². The van der Waals surface area contributed by atoms with Crippen LogP contribution in [0.25, 0.3) is 0 Å². The van der Waals surface area contributed by atoms with Gasteiger partial charge in [-0.15, -0.1) is 0 Å². The number of nitrogens with one attached hydrogen (secondary N) is 2. The third-order valence-electron chi connectivity index (χ3n) is 4.50. The molecular formula is C14H24N4O2S. The molecule has 3 rings (SSSR count). The van der Waals surface area contributed by atoms with E-state index in [0.717, 1.165) is 25.2 Å². The average molecular weight is 312 g/mol. The summed E-state index contributed by atoms with van der Waals surface area (Å²) in [4.78, 5) is 5.85. The average Bonchev–Trinajstić information content (AvgIpc) is 3.20. The first kappa shape index (κ1) is 15.0. The van der Waals surface area contributed by atoms with Gasteiger partial charge in [-0.1, -0.05) is 0 Å². The molecule has 3 heterocycles. The number of H-pyrrole nitrogens is 1. The van der Waals surface area contributed by atoms with Gasteiger partial charge >= 0.3 is 0 Å². The Kier molecular flexibility index (Phi) is 4.35. The summed E-state index contributed by atoms with van der Waals surface area (Å²) in [6.45, 7) is 4.15. The molecule has 0 bridgehead atoms. The van der Waals surface area contributed by atoms with Crippen molar-refractivity contribution in [2.75, 3.05) is 33.2 Å². The first-order chi connectivity index (χ1) is 10.1. The maximum atomic E-state index is 12.7. The van der Waals surface area contributed by atoms with Crippen molar-refractivity contribution in [3.8, 4) is 0 Å². The van der Waals surface area contributed by atoms with Gasteiger partial charge in [-0.05, 0) is 45.5 Å². The molecule has 2 aliphatic rings. The summed E-state index contributed by atoms with van der Waals surface area (Å²) < 4.78 is 27.0. The summed E-state index contributed by atoms with van der Waals surface area (Å²) in [5.41, 5.74) is 0.895. The third kappa shape index (κ3) is 3.01. The van der Waals surface area contributed by atoms with Crippen molar-refractivity contribution in [2.45, 2.75) is 36.7 Å². The minimum Gasteiger partial charge on any atom is -0.363 e. The second kappa shape index (κ2) is 6.08. The van der Waals surface area contributed by atoms with Gasteiger partial charge in [-0.3, -0.25) is 4.90 Å². The molecule has 2 aliphatic heterocycles. The molecule has 0 aromatic carbocycles. The minimum atomic E-state index is -3.35. The summed E-state index contributed by atoms with van der Waals surface area (Å²) >= 11 is 0. The van der Waals surface area contributed by atoms with E-state index in [1.807, 2.05) is 7.05 Å². The number of hydrogen-bond donors (Lipinski definition) is 2. The molecule has 21 heavy (non-hydrogen) atoms. The van der Waals surface area contributed by atoms with Gasteiger partial charge in [0.25, 0.3) is 0 Å². The highest BCUT2D eigenvalue weighted by atomic mass is 32.2. The van der Waals surface area contributed by atoms with E-state index in [4.69, 9.17) is 0 Å². The fourth-order valence-electron chi connectivity index (χ4n) is 3.34. The van der Waals surface area contributed by atoms with E-state index in [2.05, 4.69) is 15.2 Å². The highest BCUT2D eigenvalue weighted by molar-refractivity contribution is 7.89. The van der Waals surface area contributed by atoms with Crippen molar-refractivity contribution in [3.63, 3.8) is 0 Å². The van der Waals surface area contributed by atoms with Crippen LogP contribution in [0, 0.1) is 0 Å². The number of nitrogens with zero attached hydrogens (tertiary/aromatic N) is 2. The normalized spacial score (nSPS) is 24.9. The molecule has 2 N–H and O–H groups in total. The zero-order valence-corrected chi connectivity index (χ0v) is 13.3. The van der Waals surface area contributed by atoms with Crippen LogP contribution in [0.3, 0.4) is 0 Å². The van der Waals surface area contributed by atoms with Crippen LogP contribution in [-0.2, 0) is 16.6 Å². The van der Waals surface area contributed by atoms with Crippen LogP contribution in [-0.4, -0.2) is 61.9 Å². The first-order valence-electron chi connectivity index (χ1n) is 7.67. The molecule has 0 aliphatic carbocycles. The van der Waals surface area contributed by atoms with E-state index >= 15 is 0 Å². The number of likely N-dealkylation sites (tertiary alicyclic amines) is 1. The molecule has 1 unspecified atom stereocenters. The molecule has 6 nitrogen and oxygen atoms in total. The van der Waals surface area contributed by atoms with E-state index in [0.29, 0.717) is 30.6 Å². The van der Waals surface area contributed by atoms with Gasteiger partial charge in [0.15, 0.2) is 0 Å². The Morgan fingerprint density at radius 2 is 2.10 bits per heavy atom. The lowest BCUT2D eigenvalue weighted by Gasteiger charge is -2.23. The maximum Gasteiger partial charge on any atom is 0.244 e. The second-order valence-electron chi connectivity index (χ2n) is 5.94. The van der Waals surface area contributed by atoms with Crippen LogP contribution in [0.2, 0.25) is 0 Å². The highest BCUT2D eigenvalue weighted by Gasteiger charge is 2.36. The van der Waals surface area contributed by atoms with Crippen molar-refractivity contribution < 1.29 is 8.42 Å². The van der Waals surface area contributed by atoms with E-state index in [-0.39, 0.29) is 0 Å². The molecule has 1 aromatic rings. The standard InChI is InChI=1S/C14H24N4O2S/c1-15-9-12-8-14(10-16-12)21(19,20)18-7-4-13(11-18)17-5-2-3-6-17/h8,10,13,15-16H,2-7,9,11H2,1H3. The quantitative estimate of drug-likeness (QED) is 0.835. The Morgan fingerprint density at radius 1 is 1.33 bits per heavy atom. The fraction of sp³-hybridized carbons (Fsp3) is 0.714. The van der Waals surface area contributed by atoms with Gasteiger partial charge in [-0.25, -0.2) is 8.42 Å². The molecule has 0 amide bonds. The summed E-state index contributed by atoms with van der Waals surface area (Å²) in [6, 6.07) is 2.13. The van der Waals surface area contributed by atoms with Crippen LogP contribution in [0.4, 0.5) is 0 Å². The van der Waals surface area contributed by atoms with Crippen LogP contribution in [0.1, 0.15) is 25.0 Å². The molecule has 0 saturated carbocycles. The summed E-state index contributed by atoms with van der Waals surface area (Å²) in [5, 5.41) is 3.02. The molecule has 7 heteroatoms. The Bertz CT molecular complexity index is 578. The first-order valence-corrected chi connectivity index (χ1v) is 9.11. The second-order valence-corrected chi connectivity index (χ2v) is 7.88. The van der Waals surface area contributed by atoms with Crippen LogP contribution in [0.5, 0.6) is 0 Å². The van der Waals surface area contributed by atoms with E-state index < -0.39 is 10.0 Å². The predicted molar refractivity (Wildman–Crippen MR) is 81.5 cm³/mol. The molecule has 0 spiro atoms. The lowest BCUT2D eigenvalue weighted by Crippen LogP contribution is -2.37. The van der Waals surface area contributed by atoms with Crippen molar-refractivity contribution in [1.29, 1.82) is 0 Å². The fourth-order valence-corrected chi connectivity index (χ4v) is 4.85. The predicted octanol–water partition coefficient (Wildman–Crippen LogP) is 0.593. The van der Waals surface area contributed by atoms with Crippen molar-refractivity contribution in [3.05, 3.63) is 18.0 Å². The van der Waals surface area contributed by atoms with Gasteiger partial charge in [0.2, 0.25) is 10.0 Å². The Hall–Kier alpha value is -0.890. The number of aromatic amines is 1. The minimum absolute atomic E-state index is 0.384. The molecule has 1 atom stereocenters. The Labute approximate surface area is 126 Å². The zero-order chi connectivity index (χ0) is 14.9. The summed E-state index contributed by atoms with van der Waals surface area (Å²) in [7, 11) is -1.51. The maximum absolute atomic E-state index is 12.7. The monoisotopic (exact) mass is 312 g/mol. The Balaban J connectivity index is 1.70. The number of hydrogen-bond acceptors (Lipinski definition) is 4. The lowest BCUT2D eigenvalue weighted by molar-refractivity contribution is 0.251. The van der Waals surface area contributed by atoms with Crippen LogP contribution >= 0.6 is 0 Å². The Morgan fingerprint density at radius 3 is 2.81 bits per heavy atom. The molecular weight excluding hydrogens is 288 g/mol. The lowest BCUT2D eigenvalue weighted by atomic mass is 10.2. The van der Waals surface area contributed by atoms with Gasteiger partial charge in [0.1, 0.15) is 0 Å². The van der Waals surface area contributed by atoms with Gasteiger partial charge in [0, 0.05) is 37.6 Å². The largest absolute Gasteiger partial charge is 0.363 e. The molecule has 2 fully saturated rings. The van der Waals surface area contributed by atoms with Gasteiger partial charge in [-0.2, -0.15) is 4.31 Å². The summed E-state index contributed by atoms with van der Waals surface area (Å²) in [6.07, 6.45) is 5.04. The summed E-state index contributed by atoms with van der Waals surface area (Å²) in [5.74, 6) is 0. The van der Waals surface area contributed by atoms with Gasteiger partial charge < -0.3 is 10.3 Å². The molecule has 0 radical (unpaired) electrons. The number of rotatable bonds is 5. The number of sulfonamides is 1. The number of aromatic nitrogens is 1. The zero-order valence-electron chi connectivity index (χ0n) is 12.5. The van der Waals surface area contributed by atoms with Crippen molar-refractivity contribution >= 4 is 10.0 Å². The molecule has 1 aromatic heterocycles. The topological polar surface area (TPSA) is 68.4 Å². The van der Waals surface area contributed by atoms with E-state index in [9.17, 15) is 8.42 Å². The SMILES string of the molecule is CNCc1cc(S(=O)(=O)N2CCC(N3CCCC3)C2)c[nH]1. The third-order valence-corrected chi connectivity index (χ3v) is 6.35. The smallest absolute Gasteiger partial charge is 0.244 e. The van der Waals surface area contributed by atoms with Crippen molar-refractivity contribution in [1.82, 2.24) is 19.5 Å². The highest BCUT2D eigenvalue weighted by Crippen LogP contribution is 2.26. The van der Waals surface area contributed by atoms with Crippen molar-refractivity contribution in [2.24, 2.45) is 0 Å². The molecule has 2 saturated heterocycles. The van der Waals surface area contributed by atoms with E-state index in [1.54, 1.807) is 16.6 Å². The van der Waals surface area contributed by atoms with E-state index in [1.165, 1.54) is 12.8 Å². The molecule has 118 valence electrons.